The summed E-state index contributed by atoms with van der Waals surface area (Å²) in [5, 5.41) is 12.3. The molecule has 20 heavy (non-hydrogen) atoms. The van der Waals surface area contributed by atoms with Gasteiger partial charge in [-0.1, -0.05) is 12.1 Å². The van der Waals surface area contributed by atoms with E-state index in [1.165, 1.54) is 12.1 Å². The number of alkyl carbamates (subject to hydrolysis) is 1. The third kappa shape index (κ3) is 6.02. The van der Waals surface area contributed by atoms with Gasteiger partial charge in [-0.3, -0.25) is 0 Å². The van der Waals surface area contributed by atoms with Crippen LogP contribution in [0.4, 0.5) is 9.18 Å². The predicted octanol–water partition coefficient (Wildman–Crippen LogP) is 2.64. The molecular weight excluding hydrogens is 261 g/mol. The molecule has 0 aliphatic carbocycles. The number of hydrogen-bond acceptors (Lipinski definition) is 3. The van der Waals surface area contributed by atoms with Gasteiger partial charge in [-0.05, 0) is 51.8 Å². The number of amides is 1. The SMILES string of the molecule is CC(O)C(Cc1cccc(F)c1)NC(=O)OC(C)(C)C. The molecule has 5 heteroatoms. The number of aliphatic hydroxyl groups excluding tert-OH is 1. The van der Waals surface area contributed by atoms with Crippen molar-refractivity contribution >= 4 is 6.09 Å². The van der Waals surface area contributed by atoms with E-state index in [2.05, 4.69) is 5.32 Å². The van der Waals surface area contributed by atoms with Crippen LogP contribution in [-0.4, -0.2) is 28.9 Å². The van der Waals surface area contributed by atoms with Gasteiger partial charge in [0, 0.05) is 0 Å². The highest BCUT2D eigenvalue weighted by Gasteiger charge is 2.22. The Balaban J connectivity index is 2.68. The number of benzene rings is 1. The number of ether oxygens (including phenoxy) is 1. The van der Waals surface area contributed by atoms with E-state index < -0.39 is 23.8 Å². The number of halogens is 1. The third-order valence-electron chi connectivity index (χ3n) is 2.63. The van der Waals surface area contributed by atoms with Crippen LogP contribution in [0.2, 0.25) is 0 Å². The lowest BCUT2D eigenvalue weighted by atomic mass is 10.0. The smallest absolute Gasteiger partial charge is 0.407 e. The van der Waals surface area contributed by atoms with Crippen molar-refractivity contribution in [3.05, 3.63) is 35.6 Å². The number of aliphatic hydroxyl groups is 1. The van der Waals surface area contributed by atoms with Gasteiger partial charge in [0.1, 0.15) is 11.4 Å². The monoisotopic (exact) mass is 283 g/mol. The Kier molecular flexibility index (Phi) is 5.51. The number of carbonyl (C=O) groups is 1. The number of carbonyl (C=O) groups excluding carboxylic acids is 1. The zero-order valence-electron chi connectivity index (χ0n) is 12.3. The van der Waals surface area contributed by atoms with Gasteiger partial charge in [-0.2, -0.15) is 0 Å². The molecule has 2 atom stereocenters. The Labute approximate surface area is 119 Å². The zero-order chi connectivity index (χ0) is 15.3. The van der Waals surface area contributed by atoms with Gasteiger partial charge >= 0.3 is 6.09 Å². The van der Waals surface area contributed by atoms with E-state index in [4.69, 9.17) is 4.74 Å². The summed E-state index contributed by atoms with van der Waals surface area (Å²) in [7, 11) is 0. The van der Waals surface area contributed by atoms with Gasteiger partial charge in [0.25, 0.3) is 0 Å². The zero-order valence-corrected chi connectivity index (χ0v) is 12.3. The van der Waals surface area contributed by atoms with Gasteiger partial charge in [-0.25, -0.2) is 9.18 Å². The molecule has 1 aromatic carbocycles. The highest BCUT2D eigenvalue weighted by molar-refractivity contribution is 5.68. The highest BCUT2D eigenvalue weighted by atomic mass is 19.1. The molecule has 0 radical (unpaired) electrons. The van der Waals surface area contributed by atoms with Gasteiger partial charge in [-0.15, -0.1) is 0 Å². The fraction of sp³-hybridized carbons (Fsp3) is 0.533. The molecule has 0 spiro atoms. The molecule has 112 valence electrons. The summed E-state index contributed by atoms with van der Waals surface area (Å²) in [5.74, 6) is -0.343. The normalized spacial score (nSPS) is 14.5. The van der Waals surface area contributed by atoms with Crippen molar-refractivity contribution in [3.63, 3.8) is 0 Å². The first kappa shape index (κ1) is 16.4. The average Bonchev–Trinajstić information content (AvgIpc) is 2.25. The topological polar surface area (TPSA) is 58.6 Å². The summed E-state index contributed by atoms with van der Waals surface area (Å²) in [5.41, 5.74) is 0.0959. The quantitative estimate of drug-likeness (QED) is 0.893. The lowest BCUT2D eigenvalue weighted by Crippen LogP contribution is -2.45. The van der Waals surface area contributed by atoms with Gasteiger partial charge in [0.2, 0.25) is 0 Å². The Morgan fingerprint density at radius 1 is 1.45 bits per heavy atom. The Morgan fingerprint density at radius 2 is 2.10 bits per heavy atom. The largest absolute Gasteiger partial charge is 0.444 e. The summed E-state index contributed by atoms with van der Waals surface area (Å²) < 4.78 is 18.3. The molecule has 1 aromatic rings. The fourth-order valence-corrected chi connectivity index (χ4v) is 1.72. The molecular formula is C15H22FNO3. The molecule has 4 nitrogen and oxygen atoms in total. The molecule has 0 aromatic heterocycles. The molecule has 0 aliphatic rings. The summed E-state index contributed by atoms with van der Waals surface area (Å²) >= 11 is 0. The van der Waals surface area contributed by atoms with Crippen LogP contribution in [0.15, 0.2) is 24.3 Å². The minimum absolute atomic E-state index is 0.328. The van der Waals surface area contributed by atoms with Crippen LogP contribution in [-0.2, 0) is 11.2 Å². The Bertz CT molecular complexity index is 455. The van der Waals surface area contributed by atoms with Crippen molar-refractivity contribution in [1.82, 2.24) is 5.32 Å². The molecule has 0 aliphatic heterocycles. The van der Waals surface area contributed by atoms with Crippen LogP contribution < -0.4 is 5.32 Å². The van der Waals surface area contributed by atoms with E-state index in [1.54, 1.807) is 39.8 Å². The second-order valence-electron chi connectivity index (χ2n) is 5.83. The maximum atomic E-state index is 13.1. The number of hydrogen-bond donors (Lipinski definition) is 2. The second kappa shape index (κ2) is 6.70. The van der Waals surface area contributed by atoms with Crippen LogP contribution in [0.25, 0.3) is 0 Å². The van der Waals surface area contributed by atoms with Crippen LogP contribution in [0.1, 0.15) is 33.3 Å². The second-order valence-corrected chi connectivity index (χ2v) is 5.83. The third-order valence-corrected chi connectivity index (χ3v) is 2.63. The minimum atomic E-state index is -0.772. The fourth-order valence-electron chi connectivity index (χ4n) is 1.72. The molecule has 2 unspecified atom stereocenters. The highest BCUT2D eigenvalue weighted by Crippen LogP contribution is 2.11. The van der Waals surface area contributed by atoms with E-state index in [9.17, 15) is 14.3 Å². The molecule has 1 rings (SSSR count). The van der Waals surface area contributed by atoms with Crippen LogP contribution in [0.5, 0.6) is 0 Å². The van der Waals surface area contributed by atoms with Gasteiger partial charge in [0.15, 0.2) is 0 Å². The maximum absolute atomic E-state index is 13.1. The van der Waals surface area contributed by atoms with Gasteiger partial charge in [0.05, 0.1) is 12.1 Å². The van der Waals surface area contributed by atoms with E-state index in [1.807, 2.05) is 0 Å². The number of rotatable bonds is 4. The first-order chi connectivity index (χ1) is 9.17. The van der Waals surface area contributed by atoms with Crippen LogP contribution >= 0.6 is 0 Å². The van der Waals surface area contributed by atoms with Crippen molar-refractivity contribution in [2.24, 2.45) is 0 Å². The molecule has 0 saturated carbocycles. The molecule has 0 heterocycles. The standard InChI is InChI=1S/C15H22FNO3/c1-10(18)13(17-14(19)20-15(2,3)4)9-11-6-5-7-12(16)8-11/h5-8,10,13,18H,9H2,1-4H3,(H,17,19). The maximum Gasteiger partial charge on any atom is 0.407 e. The Hall–Kier alpha value is -1.62. The van der Waals surface area contributed by atoms with E-state index >= 15 is 0 Å². The van der Waals surface area contributed by atoms with Crippen molar-refractivity contribution in [2.45, 2.75) is 51.9 Å². The van der Waals surface area contributed by atoms with Crippen molar-refractivity contribution in [3.8, 4) is 0 Å². The van der Waals surface area contributed by atoms with E-state index in [-0.39, 0.29) is 5.82 Å². The van der Waals surface area contributed by atoms with Crippen LogP contribution in [0.3, 0.4) is 0 Å². The predicted molar refractivity (Wildman–Crippen MR) is 74.9 cm³/mol. The Morgan fingerprint density at radius 3 is 2.60 bits per heavy atom. The molecule has 2 N–H and O–H groups in total. The first-order valence-electron chi connectivity index (χ1n) is 6.59. The lowest BCUT2D eigenvalue weighted by molar-refractivity contribution is 0.0437. The summed E-state index contributed by atoms with van der Waals surface area (Å²) in [6, 6.07) is 5.53. The first-order valence-corrected chi connectivity index (χ1v) is 6.59. The molecule has 1 amide bonds. The van der Waals surface area contributed by atoms with Gasteiger partial charge < -0.3 is 15.2 Å². The summed E-state index contributed by atoms with van der Waals surface area (Å²) in [6.45, 7) is 6.85. The van der Waals surface area contributed by atoms with E-state index in [0.29, 0.717) is 12.0 Å². The molecule has 0 fully saturated rings. The van der Waals surface area contributed by atoms with Crippen molar-refractivity contribution in [1.29, 1.82) is 0 Å². The average molecular weight is 283 g/mol. The van der Waals surface area contributed by atoms with Crippen LogP contribution in [0, 0.1) is 5.82 Å². The van der Waals surface area contributed by atoms with Crippen molar-refractivity contribution in [2.75, 3.05) is 0 Å². The lowest BCUT2D eigenvalue weighted by Gasteiger charge is -2.25. The van der Waals surface area contributed by atoms with Crippen molar-refractivity contribution < 1.29 is 19.0 Å². The summed E-state index contributed by atoms with van der Waals surface area (Å²) in [6.07, 6.45) is -1.04. The molecule has 0 saturated heterocycles. The number of nitrogens with one attached hydrogen (secondary N) is 1. The molecule has 0 bridgehead atoms. The minimum Gasteiger partial charge on any atom is -0.444 e. The summed E-state index contributed by atoms with van der Waals surface area (Å²) in [4.78, 5) is 11.7. The van der Waals surface area contributed by atoms with E-state index in [0.717, 1.165) is 0 Å².